The number of hydrogen-bond donors (Lipinski definition) is 2. The molecule has 126 valence electrons. The zero-order chi connectivity index (χ0) is 17.9. The van der Waals surface area contributed by atoms with Crippen LogP contribution in [0, 0.1) is 0 Å². The van der Waals surface area contributed by atoms with Gasteiger partial charge in [-0.2, -0.15) is 0 Å². The lowest BCUT2D eigenvalue weighted by atomic mass is 10.2. The first-order valence-electron chi connectivity index (χ1n) is 8.02. The number of nitrogens with zero attached hydrogens (tertiary/aromatic N) is 2. The second kappa shape index (κ2) is 6.60. The maximum Gasteiger partial charge on any atom is 0.314 e. The number of rotatable bonds is 2. The van der Waals surface area contributed by atoms with Crippen LogP contribution in [-0.4, -0.2) is 21.8 Å². The third-order valence-electron chi connectivity index (χ3n) is 3.97. The molecule has 0 saturated carbocycles. The normalized spacial score (nSPS) is 10.6. The molecule has 4 aromatic rings. The van der Waals surface area contributed by atoms with E-state index < -0.39 is 11.8 Å². The molecule has 26 heavy (non-hydrogen) atoms. The maximum absolute atomic E-state index is 12.3. The molecular formula is C20H14N4O2. The van der Waals surface area contributed by atoms with Gasteiger partial charge in [0.2, 0.25) is 0 Å². The Bertz CT molecular complexity index is 1040. The van der Waals surface area contributed by atoms with Gasteiger partial charge in [-0.15, -0.1) is 0 Å². The zero-order valence-corrected chi connectivity index (χ0v) is 13.6. The van der Waals surface area contributed by atoms with Crippen LogP contribution < -0.4 is 10.6 Å². The Balaban J connectivity index is 1.57. The van der Waals surface area contributed by atoms with E-state index in [1.165, 1.54) is 0 Å². The molecule has 6 heteroatoms. The van der Waals surface area contributed by atoms with Gasteiger partial charge in [0.15, 0.2) is 0 Å². The Kier molecular flexibility index (Phi) is 3.99. The van der Waals surface area contributed by atoms with Crippen molar-refractivity contribution in [2.24, 2.45) is 0 Å². The smallest absolute Gasteiger partial charge is 0.314 e. The highest BCUT2D eigenvalue weighted by Gasteiger charge is 2.16. The quantitative estimate of drug-likeness (QED) is 0.547. The molecule has 0 fully saturated rings. The number of carbonyl (C=O) groups is 2. The van der Waals surface area contributed by atoms with Crippen molar-refractivity contribution in [1.82, 2.24) is 9.97 Å². The lowest BCUT2D eigenvalue weighted by Gasteiger charge is -2.09. The predicted molar refractivity (Wildman–Crippen MR) is 101 cm³/mol. The van der Waals surface area contributed by atoms with E-state index in [1.54, 1.807) is 36.7 Å². The van der Waals surface area contributed by atoms with Crippen molar-refractivity contribution >= 4 is 45.0 Å². The van der Waals surface area contributed by atoms with Gasteiger partial charge in [0, 0.05) is 23.2 Å². The fraction of sp³-hybridized carbons (Fsp3) is 0. The molecule has 0 aliphatic carbocycles. The van der Waals surface area contributed by atoms with Gasteiger partial charge in [-0.3, -0.25) is 19.6 Å². The minimum absolute atomic E-state index is 0.485. The summed E-state index contributed by atoms with van der Waals surface area (Å²) >= 11 is 0. The summed E-state index contributed by atoms with van der Waals surface area (Å²) in [5.74, 6) is -1.54. The number of amides is 2. The first-order chi connectivity index (χ1) is 12.7. The molecule has 0 aliphatic rings. The predicted octanol–water partition coefficient (Wildman–Crippen LogP) is 3.36. The van der Waals surface area contributed by atoms with Crippen LogP contribution in [0.15, 0.2) is 73.1 Å². The van der Waals surface area contributed by atoms with E-state index in [0.717, 1.165) is 10.8 Å². The van der Waals surface area contributed by atoms with Gasteiger partial charge in [-0.05, 0) is 24.3 Å². The molecule has 4 rings (SSSR count). The molecule has 2 aromatic carbocycles. The van der Waals surface area contributed by atoms with Gasteiger partial charge in [0.1, 0.15) is 0 Å². The second-order valence-electron chi connectivity index (χ2n) is 5.67. The maximum atomic E-state index is 12.3. The fourth-order valence-electron chi connectivity index (χ4n) is 2.77. The molecule has 0 saturated heterocycles. The van der Waals surface area contributed by atoms with Crippen LogP contribution >= 0.6 is 0 Å². The lowest BCUT2D eigenvalue weighted by Crippen LogP contribution is -2.29. The molecule has 6 nitrogen and oxygen atoms in total. The summed E-state index contributed by atoms with van der Waals surface area (Å²) < 4.78 is 0. The molecule has 0 spiro atoms. The third kappa shape index (κ3) is 2.95. The van der Waals surface area contributed by atoms with Gasteiger partial charge in [-0.25, -0.2) is 0 Å². The van der Waals surface area contributed by atoms with Crippen LogP contribution in [0.1, 0.15) is 0 Å². The van der Waals surface area contributed by atoms with E-state index >= 15 is 0 Å². The number of pyridine rings is 2. The number of hydrogen-bond acceptors (Lipinski definition) is 4. The number of anilines is 2. The summed E-state index contributed by atoms with van der Waals surface area (Å²) in [7, 11) is 0. The van der Waals surface area contributed by atoms with Gasteiger partial charge in [0.05, 0.1) is 22.4 Å². The third-order valence-corrected chi connectivity index (χ3v) is 3.97. The Morgan fingerprint density at radius 1 is 0.615 bits per heavy atom. The zero-order valence-electron chi connectivity index (χ0n) is 13.6. The Morgan fingerprint density at radius 3 is 1.50 bits per heavy atom. The molecule has 2 aromatic heterocycles. The van der Waals surface area contributed by atoms with Crippen molar-refractivity contribution in [3.63, 3.8) is 0 Å². The van der Waals surface area contributed by atoms with E-state index in [1.807, 2.05) is 36.4 Å². The topological polar surface area (TPSA) is 84.0 Å². The summed E-state index contributed by atoms with van der Waals surface area (Å²) in [6.45, 7) is 0. The summed E-state index contributed by atoms with van der Waals surface area (Å²) in [6.07, 6.45) is 3.28. The average Bonchev–Trinajstić information content (AvgIpc) is 2.68. The number of aromatic nitrogens is 2. The summed E-state index contributed by atoms with van der Waals surface area (Å²) in [6, 6.07) is 18.2. The minimum Gasteiger partial charge on any atom is -0.316 e. The van der Waals surface area contributed by atoms with Crippen LogP contribution in [-0.2, 0) is 9.59 Å². The van der Waals surface area contributed by atoms with Crippen LogP contribution in [0.4, 0.5) is 11.4 Å². The van der Waals surface area contributed by atoms with Crippen LogP contribution in [0.5, 0.6) is 0 Å². The summed E-state index contributed by atoms with van der Waals surface area (Å²) in [5, 5.41) is 7.00. The van der Waals surface area contributed by atoms with Gasteiger partial charge < -0.3 is 10.6 Å². The first kappa shape index (κ1) is 15.7. The van der Waals surface area contributed by atoms with E-state index in [9.17, 15) is 9.59 Å². The SMILES string of the molecule is O=C(Nc1cccc2cccnc12)C(=O)Nc1cccc2cccnc12. The van der Waals surface area contributed by atoms with Crippen molar-refractivity contribution in [2.45, 2.75) is 0 Å². The van der Waals surface area contributed by atoms with E-state index in [4.69, 9.17) is 0 Å². The molecule has 0 bridgehead atoms. The number of nitrogens with one attached hydrogen (secondary N) is 2. The Hall–Kier alpha value is -3.80. The van der Waals surface area contributed by atoms with Gasteiger partial charge in [0.25, 0.3) is 0 Å². The number of carbonyl (C=O) groups excluding carboxylic acids is 2. The minimum atomic E-state index is -0.768. The molecule has 0 aliphatic heterocycles. The van der Waals surface area contributed by atoms with E-state index in [0.29, 0.717) is 22.4 Å². The number of para-hydroxylation sites is 2. The standard InChI is InChI=1S/C20H14N4O2/c25-19(23-15-9-1-5-13-7-3-11-21-17(13)15)20(26)24-16-10-2-6-14-8-4-12-22-18(14)16/h1-12H,(H,23,25)(H,24,26). The van der Waals surface area contributed by atoms with Crippen LogP contribution in [0.25, 0.3) is 21.8 Å². The first-order valence-corrected chi connectivity index (χ1v) is 8.02. The monoisotopic (exact) mass is 342 g/mol. The van der Waals surface area contributed by atoms with Crippen molar-refractivity contribution in [3.8, 4) is 0 Å². The molecule has 0 radical (unpaired) electrons. The van der Waals surface area contributed by atoms with Gasteiger partial charge in [-0.1, -0.05) is 36.4 Å². The van der Waals surface area contributed by atoms with Crippen LogP contribution in [0.3, 0.4) is 0 Å². The van der Waals surface area contributed by atoms with E-state index in [2.05, 4.69) is 20.6 Å². The Morgan fingerprint density at radius 2 is 1.04 bits per heavy atom. The highest BCUT2D eigenvalue weighted by Crippen LogP contribution is 2.22. The Labute approximate surface area is 148 Å². The molecule has 2 N–H and O–H groups in total. The summed E-state index contributed by atoms with van der Waals surface area (Å²) in [5.41, 5.74) is 2.23. The van der Waals surface area contributed by atoms with Gasteiger partial charge >= 0.3 is 11.8 Å². The lowest BCUT2D eigenvalue weighted by molar-refractivity contribution is -0.132. The van der Waals surface area contributed by atoms with E-state index in [-0.39, 0.29) is 0 Å². The number of fused-ring (bicyclic) bond motifs is 2. The van der Waals surface area contributed by atoms with Crippen molar-refractivity contribution in [3.05, 3.63) is 73.1 Å². The molecule has 2 amide bonds. The van der Waals surface area contributed by atoms with Crippen LogP contribution in [0.2, 0.25) is 0 Å². The molecule has 0 atom stereocenters. The van der Waals surface area contributed by atoms with Crippen molar-refractivity contribution in [2.75, 3.05) is 10.6 Å². The molecular weight excluding hydrogens is 328 g/mol. The highest BCUT2D eigenvalue weighted by molar-refractivity contribution is 6.44. The molecule has 2 heterocycles. The summed E-state index contributed by atoms with van der Waals surface area (Å²) in [4.78, 5) is 33.2. The van der Waals surface area contributed by atoms with Crippen molar-refractivity contribution < 1.29 is 9.59 Å². The fourth-order valence-corrected chi connectivity index (χ4v) is 2.77. The highest BCUT2D eigenvalue weighted by atomic mass is 16.2. The van der Waals surface area contributed by atoms with Crippen molar-refractivity contribution in [1.29, 1.82) is 0 Å². The number of benzene rings is 2. The average molecular weight is 342 g/mol. The largest absolute Gasteiger partial charge is 0.316 e. The second-order valence-corrected chi connectivity index (χ2v) is 5.67. The molecule has 0 unspecified atom stereocenters.